The molecule has 0 radical (unpaired) electrons. The Hall–Kier alpha value is -1.56. The van der Waals surface area contributed by atoms with E-state index in [1.807, 2.05) is 6.92 Å². The van der Waals surface area contributed by atoms with Crippen LogP contribution in [0.25, 0.3) is 0 Å². The van der Waals surface area contributed by atoms with Gasteiger partial charge in [0, 0.05) is 16.6 Å². The summed E-state index contributed by atoms with van der Waals surface area (Å²) in [6.07, 6.45) is 4.08. The third-order valence-corrected chi connectivity index (χ3v) is 4.57. The number of primary amides is 1. The van der Waals surface area contributed by atoms with E-state index in [9.17, 15) is 9.59 Å². The van der Waals surface area contributed by atoms with Crippen LogP contribution in [0.2, 0.25) is 0 Å². The fraction of sp³-hybridized carbons (Fsp3) is 0.538. The lowest BCUT2D eigenvalue weighted by atomic mass is 10.2. The van der Waals surface area contributed by atoms with Gasteiger partial charge in [-0.2, -0.15) is 0 Å². The summed E-state index contributed by atoms with van der Waals surface area (Å²) in [6, 6.07) is 1.81. The molecule has 1 aromatic heterocycles. The lowest BCUT2D eigenvalue weighted by Gasteiger charge is -2.27. The minimum Gasteiger partial charge on any atom is -0.398 e. The fourth-order valence-electron chi connectivity index (χ4n) is 2.49. The Balaban J connectivity index is 2.21. The van der Waals surface area contributed by atoms with Crippen LogP contribution in [0.15, 0.2) is 6.07 Å². The Kier molecular flexibility index (Phi) is 4.09. The van der Waals surface area contributed by atoms with E-state index in [1.165, 1.54) is 11.3 Å². The highest BCUT2D eigenvalue weighted by Gasteiger charge is 2.29. The molecule has 5 nitrogen and oxygen atoms in total. The van der Waals surface area contributed by atoms with E-state index in [0.29, 0.717) is 10.6 Å². The molecule has 19 heavy (non-hydrogen) atoms. The highest BCUT2D eigenvalue weighted by molar-refractivity contribution is 7.14. The van der Waals surface area contributed by atoms with Crippen molar-refractivity contribution in [3.8, 4) is 0 Å². The second kappa shape index (κ2) is 5.61. The van der Waals surface area contributed by atoms with Gasteiger partial charge in [-0.15, -0.1) is 11.3 Å². The minimum atomic E-state index is -0.471. The zero-order chi connectivity index (χ0) is 14.0. The van der Waals surface area contributed by atoms with Gasteiger partial charge in [0.2, 0.25) is 5.91 Å². The van der Waals surface area contributed by atoms with Crippen LogP contribution < -0.4 is 11.5 Å². The summed E-state index contributed by atoms with van der Waals surface area (Å²) >= 11 is 1.37. The van der Waals surface area contributed by atoms with E-state index in [2.05, 4.69) is 0 Å². The highest BCUT2D eigenvalue weighted by atomic mass is 32.1. The summed E-state index contributed by atoms with van der Waals surface area (Å²) in [5.41, 5.74) is 11.7. The van der Waals surface area contributed by atoms with Crippen molar-refractivity contribution >= 4 is 28.8 Å². The molecule has 1 heterocycles. The molecule has 0 spiro atoms. The van der Waals surface area contributed by atoms with Crippen molar-refractivity contribution in [1.82, 2.24) is 4.90 Å². The van der Waals surface area contributed by atoms with Crippen LogP contribution >= 0.6 is 11.3 Å². The van der Waals surface area contributed by atoms with E-state index in [4.69, 9.17) is 11.5 Å². The maximum Gasteiger partial charge on any atom is 0.264 e. The second-order valence-corrected chi connectivity index (χ2v) is 6.22. The van der Waals surface area contributed by atoms with E-state index < -0.39 is 5.91 Å². The van der Waals surface area contributed by atoms with Crippen LogP contribution in [-0.4, -0.2) is 29.3 Å². The molecular weight excluding hydrogens is 262 g/mol. The average molecular weight is 281 g/mol. The number of amides is 2. The maximum absolute atomic E-state index is 12.5. The molecule has 1 aromatic rings. The van der Waals surface area contributed by atoms with Gasteiger partial charge in [-0.05, 0) is 25.8 Å². The number of hydrogen-bond donors (Lipinski definition) is 2. The normalized spacial score (nSPS) is 15.6. The maximum atomic E-state index is 12.5. The first kappa shape index (κ1) is 13.9. The molecule has 104 valence electrons. The molecule has 1 saturated carbocycles. The van der Waals surface area contributed by atoms with Gasteiger partial charge in [0.15, 0.2) is 0 Å². The number of carbonyl (C=O) groups excluding carboxylic acids is 2. The number of hydrogen-bond acceptors (Lipinski definition) is 4. The Labute approximate surface area is 116 Å². The molecule has 0 atom stereocenters. The summed E-state index contributed by atoms with van der Waals surface area (Å²) in [4.78, 5) is 26.8. The van der Waals surface area contributed by atoms with Crippen molar-refractivity contribution in [2.75, 3.05) is 12.3 Å². The summed E-state index contributed by atoms with van der Waals surface area (Å²) in [7, 11) is 0. The topological polar surface area (TPSA) is 89.4 Å². The zero-order valence-electron chi connectivity index (χ0n) is 11.0. The Bertz CT molecular complexity index is 473. The number of anilines is 1. The number of aryl methyl sites for hydroxylation is 1. The third kappa shape index (κ3) is 3.07. The molecule has 0 unspecified atom stereocenters. The van der Waals surface area contributed by atoms with Crippen LogP contribution in [-0.2, 0) is 4.79 Å². The first-order valence-corrected chi connectivity index (χ1v) is 7.26. The molecule has 0 aromatic carbocycles. The summed E-state index contributed by atoms with van der Waals surface area (Å²) in [6.45, 7) is 1.87. The molecular formula is C13H19N3O2S. The molecule has 2 amide bonds. The number of rotatable bonds is 4. The van der Waals surface area contributed by atoms with Crippen LogP contribution in [0, 0.1) is 6.92 Å². The molecule has 2 rings (SSSR count). The largest absolute Gasteiger partial charge is 0.398 e. The van der Waals surface area contributed by atoms with Crippen molar-refractivity contribution < 1.29 is 9.59 Å². The average Bonchev–Trinajstić information content (AvgIpc) is 2.96. The Morgan fingerprint density at radius 1 is 1.42 bits per heavy atom. The third-order valence-electron chi connectivity index (χ3n) is 3.52. The van der Waals surface area contributed by atoms with Crippen LogP contribution in [0.3, 0.4) is 0 Å². The highest BCUT2D eigenvalue weighted by Crippen LogP contribution is 2.28. The number of thiophene rings is 1. The molecule has 1 aliphatic carbocycles. The molecule has 1 fully saturated rings. The first-order chi connectivity index (χ1) is 8.99. The Morgan fingerprint density at radius 3 is 2.53 bits per heavy atom. The SMILES string of the molecule is Cc1sc(C(=O)N(CC(N)=O)C2CCCC2)cc1N. The van der Waals surface area contributed by atoms with E-state index in [-0.39, 0.29) is 18.5 Å². The lowest BCUT2D eigenvalue weighted by molar-refractivity contribution is -0.119. The summed E-state index contributed by atoms with van der Waals surface area (Å²) in [5, 5.41) is 0. The van der Waals surface area contributed by atoms with Gasteiger partial charge in [-0.3, -0.25) is 9.59 Å². The quantitative estimate of drug-likeness (QED) is 0.876. The molecule has 0 bridgehead atoms. The smallest absolute Gasteiger partial charge is 0.264 e. The standard InChI is InChI=1S/C13H19N3O2S/c1-8-10(14)6-11(19-8)13(18)16(7-12(15)17)9-4-2-3-5-9/h6,9H,2-5,7,14H2,1H3,(H2,15,17). The predicted molar refractivity (Wildman–Crippen MR) is 76.0 cm³/mol. The predicted octanol–water partition coefficient (Wildman–Crippen LogP) is 1.51. The van der Waals surface area contributed by atoms with Crippen molar-refractivity contribution in [1.29, 1.82) is 0 Å². The van der Waals surface area contributed by atoms with Gasteiger partial charge in [-0.25, -0.2) is 0 Å². The van der Waals surface area contributed by atoms with Crippen molar-refractivity contribution in [3.63, 3.8) is 0 Å². The van der Waals surface area contributed by atoms with E-state index in [0.717, 1.165) is 30.6 Å². The monoisotopic (exact) mass is 281 g/mol. The van der Waals surface area contributed by atoms with E-state index >= 15 is 0 Å². The van der Waals surface area contributed by atoms with Gasteiger partial charge in [0.25, 0.3) is 5.91 Å². The molecule has 0 aliphatic heterocycles. The van der Waals surface area contributed by atoms with Crippen LogP contribution in [0.5, 0.6) is 0 Å². The van der Waals surface area contributed by atoms with E-state index in [1.54, 1.807) is 11.0 Å². The van der Waals surface area contributed by atoms with Gasteiger partial charge in [0.1, 0.15) is 0 Å². The zero-order valence-corrected chi connectivity index (χ0v) is 11.8. The van der Waals surface area contributed by atoms with Crippen molar-refractivity contribution in [2.45, 2.75) is 38.6 Å². The van der Waals surface area contributed by atoms with Gasteiger partial charge in [-0.1, -0.05) is 12.8 Å². The molecule has 0 saturated heterocycles. The Morgan fingerprint density at radius 2 is 2.05 bits per heavy atom. The molecule has 1 aliphatic rings. The number of nitrogens with zero attached hydrogens (tertiary/aromatic N) is 1. The summed E-state index contributed by atoms with van der Waals surface area (Å²) < 4.78 is 0. The molecule has 6 heteroatoms. The van der Waals surface area contributed by atoms with Crippen LogP contribution in [0.1, 0.15) is 40.2 Å². The van der Waals surface area contributed by atoms with Crippen molar-refractivity contribution in [3.05, 3.63) is 15.8 Å². The lowest BCUT2D eigenvalue weighted by Crippen LogP contribution is -2.43. The molecule has 4 N–H and O–H groups in total. The first-order valence-electron chi connectivity index (χ1n) is 6.44. The number of carbonyl (C=O) groups is 2. The number of nitrogens with two attached hydrogens (primary N) is 2. The fourth-order valence-corrected chi connectivity index (χ4v) is 3.39. The van der Waals surface area contributed by atoms with Gasteiger partial charge in [0.05, 0.1) is 11.4 Å². The number of nitrogen functional groups attached to an aromatic ring is 1. The summed E-state index contributed by atoms with van der Waals surface area (Å²) in [5.74, 6) is -0.600. The van der Waals surface area contributed by atoms with Crippen LogP contribution in [0.4, 0.5) is 5.69 Å². The van der Waals surface area contributed by atoms with Crippen molar-refractivity contribution in [2.24, 2.45) is 5.73 Å². The minimum absolute atomic E-state index is 0.0135. The van der Waals surface area contributed by atoms with Gasteiger partial charge >= 0.3 is 0 Å². The van der Waals surface area contributed by atoms with Gasteiger partial charge < -0.3 is 16.4 Å². The second-order valence-electron chi connectivity index (χ2n) is 4.96.